The Labute approximate surface area is 125 Å². The molecule has 0 bridgehead atoms. The highest BCUT2D eigenvalue weighted by atomic mass is 32.1. The number of nitrogens with zero attached hydrogens (tertiary/aromatic N) is 1. The van der Waals surface area contributed by atoms with Crippen molar-refractivity contribution in [1.82, 2.24) is 15.6 Å². The molecule has 1 aliphatic heterocycles. The van der Waals surface area contributed by atoms with E-state index in [-0.39, 0.29) is 17.2 Å². The van der Waals surface area contributed by atoms with Gasteiger partial charge in [0, 0.05) is 29.7 Å². The van der Waals surface area contributed by atoms with Gasteiger partial charge in [0.15, 0.2) is 0 Å². The third-order valence-electron chi connectivity index (χ3n) is 3.67. The Morgan fingerprint density at radius 3 is 2.75 bits per heavy atom. The van der Waals surface area contributed by atoms with Gasteiger partial charge in [-0.05, 0) is 25.9 Å². The minimum atomic E-state index is 0.104. The summed E-state index contributed by atoms with van der Waals surface area (Å²) in [6.07, 6.45) is 2.74. The van der Waals surface area contributed by atoms with E-state index >= 15 is 0 Å². The summed E-state index contributed by atoms with van der Waals surface area (Å²) >= 11 is 1.69. The minimum absolute atomic E-state index is 0.104. The Kier molecular flexibility index (Phi) is 5.16. The number of piperidine rings is 1. The van der Waals surface area contributed by atoms with E-state index in [2.05, 4.69) is 41.8 Å². The van der Waals surface area contributed by atoms with Crippen molar-refractivity contribution in [3.05, 3.63) is 16.1 Å². The molecule has 0 saturated carbocycles. The average molecular weight is 295 g/mol. The summed E-state index contributed by atoms with van der Waals surface area (Å²) < 4.78 is 0. The van der Waals surface area contributed by atoms with Crippen molar-refractivity contribution >= 4 is 17.2 Å². The van der Waals surface area contributed by atoms with Crippen LogP contribution in [0.2, 0.25) is 0 Å². The highest BCUT2D eigenvalue weighted by Gasteiger charge is 2.21. The molecule has 0 spiro atoms. The molecule has 0 aliphatic carbocycles. The Balaban J connectivity index is 1.75. The van der Waals surface area contributed by atoms with Crippen LogP contribution in [0.15, 0.2) is 5.38 Å². The lowest BCUT2D eigenvalue weighted by Crippen LogP contribution is -2.38. The molecular formula is C15H25N3OS. The molecule has 1 amide bonds. The van der Waals surface area contributed by atoms with Gasteiger partial charge in [0.1, 0.15) is 0 Å². The summed E-state index contributed by atoms with van der Waals surface area (Å²) in [4.78, 5) is 16.6. The maximum Gasteiger partial charge on any atom is 0.223 e. The van der Waals surface area contributed by atoms with E-state index in [1.54, 1.807) is 11.3 Å². The first kappa shape index (κ1) is 15.4. The van der Waals surface area contributed by atoms with E-state index in [1.807, 2.05) is 0 Å². The lowest BCUT2D eigenvalue weighted by atomic mass is 9.93. The second-order valence-corrected chi connectivity index (χ2v) is 7.38. The smallest absolute Gasteiger partial charge is 0.223 e. The van der Waals surface area contributed by atoms with Crippen molar-refractivity contribution in [2.24, 2.45) is 5.92 Å². The van der Waals surface area contributed by atoms with Gasteiger partial charge in [0.2, 0.25) is 5.91 Å². The number of thiazole rings is 1. The first-order valence-electron chi connectivity index (χ1n) is 7.40. The van der Waals surface area contributed by atoms with E-state index in [1.165, 1.54) is 0 Å². The third-order valence-corrected chi connectivity index (χ3v) is 4.58. The molecule has 1 aromatic heterocycles. The molecule has 1 fully saturated rings. The largest absolute Gasteiger partial charge is 0.355 e. The zero-order chi connectivity index (χ0) is 14.6. The van der Waals surface area contributed by atoms with E-state index in [9.17, 15) is 4.79 Å². The Morgan fingerprint density at radius 1 is 1.45 bits per heavy atom. The third kappa shape index (κ3) is 4.28. The van der Waals surface area contributed by atoms with Crippen molar-refractivity contribution in [3.8, 4) is 0 Å². The molecule has 0 aromatic carbocycles. The molecular weight excluding hydrogens is 270 g/mol. The van der Waals surface area contributed by atoms with Gasteiger partial charge >= 0.3 is 0 Å². The van der Waals surface area contributed by atoms with Crippen LogP contribution in [0.5, 0.6) is 0 Å². The van der Waals surface area contributed by atoms with Gasteiger partial charge in [0.25, 0.3) is 0 Å². The van der Waals surface area contributed by atoms with Gasteiger partial charge in [-0.3, -0.25) is 4.79 Å². The maximum absolute atomic E-state index is 12.0. The molecule has 112 valence electrons. The lowest BCUT2D eigenvalue weighted by Gasteiger charge is -2.21. The fraction of sp³-hybridized carbons (Fsp3) is 0.733. The summed E-state index contributed by atoms with van der Waals surface area (Å²) in [6.45, 7) is 9.12. The van der Waals surface area contributed by atoms with Crippen LogP contribution in [-0.4, -0.2) is 30.5 Å². The number of aromatic nitrogens is 1. The zero-order valence-electron chi connectivity index (χ0n) is 12.7. The van der Waals surface area contributed by atoms with E-state index in [0.717, 1.165) is 43.1 Å². The molecule has 2 N–H and O–H groups in total. The fourth-order valence-corrected chi connectivity index (χ4v) is 3.32. The minimum Gasteiger partial charge on any atom is -0.355 e. The lowest BCUT2D eigenvalue weighted by molar-refractivity contribution is -0.125. The second-order valence-electron chi connectivity index (χ2n) is 6.44. The van der Waals surface area contributed by atoms with Gasteiger partial charge in [-0.1, -0.05) is 20.8 Å². The fourth-order valence-electron chi connectivity index (χ4n) is 2.29. The summed E-state index contributed by atoms with van der Waals surface area (Å²) in [7, 11) is 0. The number of nitrogens with one attached hydrogen (secondary N) is 2. The number of hydrogen-bond donors (Lipinski definition) is 2. The SMILES string of the molecule is CC(C)(C)c1csc(CCNC(=O)C2CCNCC2)n1. The predicted octanol–water partition coefficient (Wildman–Crippen LogP) is 2.10. The molecule has 0 atom stereocenters. The van der Waals surface area contributed by atoms with E-state index in [4.69, 9.17) is 0 Å². The summed E-state index contributed by atoms with van der Waals surface area (Å²) in [6, 6.07) is 0. The first-order valence-corrected chi connectivity index (χ1v) is 8.28. The number of hydrogen-bond acceptors (Lipinski definition) is 4. The van der Waals surface area contributed by atoms with Crippen molar-refractivity contribution in [2.75, 3.05) is 19.6 Å². The molecule has 20 heavy (non-hydrogen) atoms. The van der Waals surface area contributed by atoms with Crippen molar-refractivity contribution < 1.29 is 4.79 Å². The second kappa shape index (κ2) is 6.68. The topological polar surface area (TPSA) is 54.0 Å². The molecule has 1 aromatic rings. The number of rotatable bonds is 4. The van der Waals surface area contributed by atoms with Gasteiger partial charge in [-0.25, -0.2) is 4.98 Å². The highest BCUT2D eigenvalue weighted by molar-refractivity contribution is 7.09. The molecule has 5 heteroatoms. The highest BCUT2D eigenvalue weighted by Crippen LogP contribution is 2.23. The summed E-state index contributed by atoms with van der Waals surface area (Å²) in [5, 5.41) is 9.57. The van der Waals surface area contributed by atoms with Crippen molar-refractivity contribution in [2.45, 2.75) is 45.4 Å². The molecule has 1 saturated heterocycles. The number of carbonyl (C=O) groups excluding carboxylic acids is 1. The van der Waals surface area contributed by atoms with Gasteiger partial charge in [-0.15, -0.1) is 11.3 Å². The Hall–Kier alpha value is -0.940. The maximum atomic E-state index is 12.0. The first-order chi connectivity index (χ1) is 9.47. The standard InChI is InChI=1S/C15H25N3OS/c1-15(2,3)12-10-20-13(18-12)6-9-17-14(19)11-4-7-16-8-5-11/h10-11,16H,4-9H2,1-3H3,(H,17,19). The zero-order valence-corrected chi connectivity index (χ0v) is 13.5. The van der Waals surface area contributed by atoms with Crippen LogP contribution in [0.3, 0.4) is 0 Å². The van der Waals surface area contributed by atoms with E-state index in [0.29, 0.717) is 6.54 Å². The van der Waals surface area contributed by atoms with Crippen LogP contribution in [-0.2, 0) is 16.6 Å². The van der Waals surface area contributed by atoms with Crippen LogP contribution < -0.4 is 10.6 Å². The summed E-state index contributed by atoms with van der Waals surface area (Å²) in [5.74, 6) is 0.400. The van der Waals surface area contributed by atoms with Gasteiger partial charge in [-0.2, -0.15) is 0 Å². The predicted molar refractivity (Wildman–Crippen MR) is 83.1 cm³/mol. The van der Waals surface area contributed by atoms with Crippen LogP contribution in [0.4, 0.5) is 0 Å². The monoisotopic (exact) mass is 295 g/mol. The van der Waals surface area contributed by atoms with Crippen LogP contribution in [0.25, 0.3) is 0 Å². The molecule has 4 nitrogen and oxygen atoms in total. The molecule has 2 heterocycles. The Morgan fingerprint density at radius 2 is 2.15 bits per heavy atom. The van der Waals surface area contributed by atoms with Crippen LogP contribution >= 0.6 is 11.3 Å². The molecule has 2 rings (SSSR count). The average Bonchev–Trinajstić information content (AvgIpc) is 2.88. The normalized spacial score (nSPS) is 17.1. The Bertz CT molecular complexity index is 444. The van der Waals surface area contributed by atoms with Crippen LogP contribution in [0.1, 0.15) is 44.3 Å². The quantitative estimate of drug-likeness (QED) is 0.894. The molecule has 1 aliphatic rings. The van der Waals surface area contributed by atoms with Crippen molar-refractivity contribution in [3.63, 3.8) is 0 Å². The van der Waals surface area contributed by atoms with E-state index < -0.39 is 0 Å². The number of amides is 1. The summed E-state index contributed by atoms with van der Waals surface area (Å²) in [5.41, 5.74) is 1.25. The van der Waals surface area contributed by atoms with Crippen LogP contribution in [0, 0.1) is 5.92 Å². The van der Waals surface area contributed by atoms with Gasteiger partial charge < -0.3 is 10.6 Å². The molecule has 0 unspecified atom stereocenters. The number of carbonyl (C=O) groups is 1. The van der Waals surface area contributed by atoms with Crippen molar-refractivity contribution in [1.29, 1.82) is 0 Å². The van der Waals surface area contributed by atoms with Gasteiger partial charge in [0.05, 0.1) is 10.7 Å². The molecule has 0 radical (unpaired) electrons.